The van der Waals surface area contributed by atoms with Gasteiger partial charge in [0.2, 0.25) is 0 Å². The summed E-state index contributed by atoms with van der Waals surface area (Å²) in [5, 5.41) is 0. The Kier molecular flexibility index (Phi) is 3.86. The van der Waals surface area contributed by atoms with Crippen LogP contribution >= 0.6 is 15.9 Å². The summed E-state index contributed by atoms with van der Waals surface area (Å²) in [6, 6.07) is 10.3. The van der Waals surface area contributed by atoms with Gasteiger partial charge in [0.15, 0.2) is 0 Å². The molecule has 1 aromatic heterocycles. The molecule has 0 radical (unpaired) electrons. The van der Waals surface area contributed by atoms with Crippen LogP contribution in [-0.2, 0) is 6.42 Å². The molecule has 0 amide bonds. The highest BCUT2D eigenvalue weighted by atomic mass is 79.9. The van der Waals surface area contributed by atoms with Crippen molar-refractivity contribution in [3.63, 3.8) is 0 Å². The van der Waals surface area contributed by atoms with Gasteiger partial charge in [-0.25, -0.2) is 4.39 Å². The monoisotopic (exact) mass is 294 g/mol. The fraction of sp³-hybridized carbons (Fsp3) is 0.154. The van der Waals surface area contributed by atoms with Gasteiger partial charge in [0.25, 0.3) is 0 Å². The number of rotatable bonds is 3. The van der Waals surface area contributed by atoms with E-state index in [0.717, 1.165) is 10.0 Å². The molecule has 0 saturated carbocycles. The van der Waals surface area contributed by atoms with E-state index in [1.54, 1.807) is 12.3 Å². The molecule has 88 valence electrons. The van der Waals surface area contributed by atoms with Gasteiger partial charge in [-0.3, -0.25) is 4.98 Å². The summed E-state index contributed by atoms with van der Waals surface area (Å²) in [5.41, 5.74) is 7.33. The van der Waals surface area contributed by atoms with Crippen LogP contribution in [0, 0.1) is 5.82 Å². The molecule has 4 heteroatoms. The molecule has 2 nitrogen and oxygen atoms in total. The van der Waals surface area contributed by atoms with Crippen molar-refractivity contribution in [1.82, 2.24) is 4.98 Å². The van der Waals surface area contributed by atoms with Crippen LogP contribution in [0.2, 0.25) is 0 Å². The second-order valence-corrected chi connectivity index (χ2v) is 4.63. The maximum atomic E-state index is 13.5. The molecule has 2 aromatic rings. The van der Waals surface area contributed by atoms with Crippen molar-refractivity contribution in [3.8, 4) is 0 Å². The zero-order chi connectivity index (χ0) is 12.3. The second-order valence-electron chi connectivity index (χ2n) is 3.77. The minimum Gasteiger partial charge on any atom is -0.322 e. The van der Waals surface area contributed by atoms with Crippen molar-refractivity contribution < 1.29 is 4.39 Å². The van der Waals surface area contributed by atoms with E-state index in [1.165, 1.54) is 6.07 Å². The molecule has 0 fully saturated rings. The van der Waals surface area contributed by atoms with Crippen LogP contribution < -0.4 is 5.73 Å². The largest absolute Gasteiger partial charge is 0.322 e. The first-order valence-electron chi connectivity index (χ1n) is 5.28. The van der Waals surface area contributed by atoms with Gasteiger partial charge in [-0.15, -0.1) is 0 Å². The average molecular weight is 295 g/mol. The Morgan fingerprint density at radius 2 is 2.00 bits per heavy atom. The summed E-state index contributed by atoms with van der Waals surface area (Å²) in [6.07, 6.45) is 2.10. The number of hydrogen-bond donors (Lipinski definition) is 1. The van der Waals surface area contributed by atoms with Crippen LogP contribution in [0.1, 0.15) is 17.3 Å². The van der Waals surface area contributed by atoms with Crippen LogP contribution in [0.4, 0.5) is 4.39 Å². The smallest absolute Gasteiger partial charge is 0.146 e. The molecule has 17 heavy (non-hydrogen) atoms. The minimum absolute atomic E-state index is 0.309. The first-order chi connectivity index (χ1) is 8.18. The molecule has 0 aliphatic carbocycles. The number of nitrogens with zero attached hydrogens (tertiary/aromatic N) is 1. The fourth-order valence-electron chi connectivity index (χ4n) is 1.67. The molecular weight excluding hydrogens is 283 g/mol. The maximum Gasteiger partial charge on any atom is 0.146 e. The van der Waals surface area contributed by atoms with E-state index in [9.17, 15) is 4.39 Å². The summed E-state index contributed by atoms with van der Waals surface area (Å²) in [6.45, 7) is 0. The molecule has 2 rings (SSSR count). The Bertz CT molecular complexity index is 516. The molecule has 1 atom stereocenters. The van der Waals surface area contributed by atoms with Crippen LogP contribution in [0.15, 0.2) is 47.1 Å². The minimum atomic E-state index is -0.435. The highest BCUT2D eigenvalue weighted by Gasteiger charge is 2.14. The molecular formula is C13H12BrFN2. The maximum absolute atomic E-state index is 13.5. The lowest BCUT2D eigenvalue weighted by Gasteiger charge is -2.12. The zero-order valence-electron chi connectivity index (χ0n) is 9.11. The SMILES string of the molecule is NC(Cc1ccccc1Br)c1ncccc1F. The van der Waals surface area contributed by atoms with Gasteiger partial charge in [-0.1, -0.05) is 34.1 Å². The molecule has 0 spiro atoms. The van der Waals surface area contributed by atoms with Gasteiger partial charge in [0, 0.05) is 10.7 Å². The third-order valence-electron chi connectivity index (χ3n) is 2.54. The van der Waals surface area contributed by atoms with Gasteiger partial charge >= 0.3 is 0 Å². The summed E-state index contributed by atoms with van der Waals surface area (Å²) in [7, 11) is 0. The Morgan fingerprint density at radius 3 is 2.71 bits per heavy atom. The predicted octanol–water partition coefficient (Wildman–Crippen LogP) is 3.23. The van der Waals surface area contributed by atoms with Gasteiger partial charge < -0.3 is 5.73 Å². The van der Waals surface area contributed by atoms with Crippen molar-refractivity contribution in [2.24, 2.45) is 5.73 Å². The molecule has 0 aliphatic heterocycles. The number of hydrogen-bond acceptors (Lipinski definition) is 2. The van der Waals surface area contributed by atoms with Gasteiger partial charge in [0.1, 0.15) is 5.82 Å². The molecule has 1 aromatic carbocycles. The fourth-order valence-corrected chi connectivity index (χ4v) is 2.11. The number of benzene rings is 1. The lowest BCUT2D eigenvalue weighted by molar-refractivity contribution is 0.563. The van der Waals surface area contributed by atoms with Crippen molar-refractivity contribution in [3.05, 3.63) is 64.1 Å². The molecule has 2 N–H and O–H groups in total. The lowest BCUT2D eigenvalue weighted by Crippen LogP contribution is -2.16. The normalized spacial score (nSPS) is 12.4. The Balaban J connectivity index is 2.20. The number of aromatic nitrogens is 1. The lowest BCUT2D eigenvalue weighted by atomic mass is 10.0. The van der Waals surface area contributed by atoms with E-state index in [-0.39, 0.29) is 5.82 Å². The van der Waals surface area contributed by atoms with Gasteiger partial charge in [-0.05, 0) is 30.2 Å². The Hall–Kier alpha value is -1.26. The van der Waals surface area contributed by atoms with E-state index in [1.807, 2.05) is 24.3 Å². The molecule has 0 aliphatic rings. The summed E-state index contributed by atoms with van der Waals surface area (Å²) in [4.78, 5) is 3.99. The first kappa shape index (κ1) is 12.2. The van der Waals surface area contributed by atoms with Crippen molar-refractivity contribution >= 4 is 15.9 Å². The van der Waals surface area contributed by atoms with E-state index in [2.05, 4.69) is 20.9 Å². The summed E-state index contributed by atoms with van der Waals surface area (Å²) >= 11 is 3.45. The van der Waals surface area contributed by atoms with E-state index >= 15 is 0 Å². The highest BCUT2D eigenvalue weighted by molar-refractivity contribution is 9.10. The Labute approximate surface area is 108 Å². The quantitative estimate of drug-likeness (QED) is 0.944. The van der Waals surface area contributed by atoms with Crippen molar-refractivity contribution in [1.29, 1.82) is 0 Å². The van der Waals surface area contributed by atoms with Crippen LogP contribution in [-0.4, -0.2) is 4.98 Å². The zero-order valence-corrected chi connectivity index (χ0v) is 10.7. The van der Waals surface area contributed by atoms with Crippen molar-refractivity contribution in [2.45, 2.75) is 12.5 Å². The summed E-state index contributed by atoms with van der Waals surface area (Å²) < 4.78 is 14.5. The topological polar surface area (TPSA) is 38.9 Å². The second kappa shape index (κ2) is 5.38. The van der Waals surface area contributed by atoms with Crippen molar-refractivity contribution in [2.75, 3.05) is 0 Å². The highest BCUT2D eigenvalue weighted by Crippen LogP contribution is 2.22. The van der Waals surface area contributed by atoms with Crippen LogP contribution in [0.3, 0.4) is 0 Å². The van der Waals surface area contributed by atoms with E-state index < -0.39 is 6.04 Å². The molecule has 0 saturated heterocycles. The third kappa shape index (κ3) is 2.90. The molecule has 0 bridgehead atoms. The predicted molar refractivity (Wildman–Crippen MR) is 69.0 cm³/mol. The third-order valence-corrected chi connectivity index (χ3v) is 3.31. The van der Waals surface area contributed by atoms with Crippen LogP contribution in [0.5, 0.6) is 0 Å². The average Bonchev–Trinajstić information content (AvgIpc) is 2.32. The molecule has 1 unspecified atom stereocenters. The standard InChI is InChI=1S/C13H12BrFN2/c14-10-5-2-1-4-9(10)8-12(16)13-11(15)6-3-7-17-13/h1-7,12H,8,16H2. The summed E-state index contributed by atoms with van der Waals surface area (Å²) in [5.74, 6) is -0.355. The Morgan fingerprint density at radius 1 is 1.24 bits per heavy atom. The van der Waals surface area contributed by atoms with Crippen LogP contribution in [0.25, 0.3) is 0 Å². The number of pyridine rings is 1. The van der Waals surface area contributed by atoms with Gasteiger partial charge in [0.05, 0.1) is 11.7 Å². The first-order valence-corrected chi connectivity index (χ1v) is 6.07. The molecule has 1 heterocycles. The van der Waals surface area contributed by atoms with Gasteiger partial charge in [-0.2, -0.15) is 0 Å². The number of nitrogens with two attached hydrogens (primary N) is 1. The number of halogens is 2. The van der Waals surface area contributed by atoms with E-state index in [4.69, 9.17) is 5.73 Å². The van der Waals surface area contributed by atoms with E-state index in [0.29, 0.717) is 12.1 Å².